The molecule has 1 N–H and O–H groups in total. The monoisotopic (exact) mass is 542 g/mol. The average Bonchev–Trinajstić information content (AvgIpc) is 3.24. The van der Waals surface area contributed by atoms with Crippen LogP contribution in [0.3, 0.4) is 0 Å². The third kappa shape index (κ3) is 5.64. The van der Waals surface area contributed by atoms with Crippen LogP contribution in [0, 0.1) is 6.92 Å². The molecule has 0 spiro atoms. The standard InChI is InChI=1S/C26H34N6O3S2/c1-5-37(4)30-21-14-18(15-27-25(21)34-3)22-24-23(29-26(28-22)32-10-12-35-13-11-32)20(17(2)36-24)16-31-8-6-19(33)7-9-31/h5,14-15,30H,6-13,16H2,1-4H3. The van der Waals surface area contributed by atoms with Crippen LogP contribution < -0.4 is 14.4 Å². The van der Waals surface area contributed by atoms with Crippen molar-refractivity contribution in [1.29, 1.82) is 0 Å². The third-order valence-electron chi connectivity index (χ3n) is 6.85. The summed E-state index contributed by atoms with van der Waals surface area (Å²) < 4.78 is 15.7. The minimum atomic E-state index is -0.123. The molecule has 0 aliphatic carbocycles. The molecule has 2 saturated heterocycles. The highest BCUT2D eigenvalue weighted by Crippen LogP contribution is 2.40. The molecule has 0 radical (unpaired) electrons. The van der Waals surface area contributed by atoms with E-state index in [2.05, 4.69) is 44.1 Å². The summed E-state index contributed by atoms with van der Waals surface area (Å²) in [7, 11) is 1.51. The molecule has 3 aromatic heterocycles. The van der Waals surface area contributed by atoms with E-state index in [1.807, 2.05) is 13.1 Å². The van der Waals surface area contributed by atoms with Crippen LogP contribution in [0.1, 0.15) is 30.2 Å². The van der Waals surface area contributed by atoms with Gasteiger partial charge in [0, 0.05) is 67.8 Å². The second kappa shape index (κ2) is 11.4. The number of Topliss-reactive ketones (excluding diaryl/α,β-unsaturated/α-hetero) is 1. The van der Waals surface area contributed by atoms with Crippen LogP contribution >= 0.6 is 22.0 Å². The Bertz CT molecular complexity index is 1330. The van der Waals surface area contributed by atoms with Crippen molar-refractivity contribution in [2.45, 2.75) is 33.2 Å². The van der Waals surface area contributed by atoms with Crippen molar-refractivity contribution in [2.24, 2.45) is 0 Å². The molecular formula is C26H34N6O3S2. The minimum Gasteiger partial charge on any atom is -0.480 e. The minimum absolute atomic E-state index is 0.123. The van der Waals surface area contributed by atoms with Crippen molar-refractivity contribution >= 4 is 55.0 Å². The number of carbonyl (C=O) groups excluding carboxylic acids is 1. The van der Waals surface area contributed by atoms with Gasteiger partial charge in [0.2, 0.25) is 11.8 Å². The summed E-state index contributed by atoms with van der Waals surface area (Å²) in [6.45, 7) is 9.44. The molecule has 5 rings (SSSR count). The van der Waals surface area contributed by atoms with E-state index in [9.17, 15) is 4.79 Å². The van der Waals surface area contributed by atoms with Crippen LogP contribution in [-0.4, -0.2) is 83.8 Å². The van der Waals surface area contributed by atoms with Crippen molar-refractivity contribution in [1.82, 2.24) is 19.9 Å². The molecule has 0 saturated carbocycles. The van der Waals surface area contributed by atoms with Crippen LogP contribution in [-0.2, 0) is 16.1 Å². The highest BCUT2D eigenvalue weighted by Gasteiger charge is 2.25. The molecule has 198 valence electrons. The number of piperidine rings is 1. The Kier molecular flexibility index (Phi) is 8.04. The van der Waals surface area contributed by atoms with Gasteiger partial charge >= 0.3 is 0 Å². The number of carbonyl (C=O) groups is 1. The Morgan fingerprint density at radius 2 is 1.97 bits per heavy atom. The molecule has 37 heavy (non-hydrogen) atoms. The number of nitrogens with one attached hydrogen (secondary N) is 1. The molecule has 3 aromatic rings. The van der Waals surface area contributed by atoms with E-state index in [0.29, 0.717) is 37.7 Å². The lowest BCUT2D eigenvalue weighted by molar-refractivity contribution is -0.121. The van der Waals surface area contributed by atoms with Crippen molar-refractivity contribution in [3.8, 4) is 17.1 Å². The molecule has 0 bridgehead atoms. The van der Waals surface area contributed by atoms with Crippen molar-refractivity contribution < 1.29 is 14.3 Å². The molecule has 0 aromatic carbocycles. The smallest absolute Gasteiger partial charge is 0.237 e. The Labute approximate surface area is 224 Å². The molecule has 2 aliphatic rings. The Balaban J connectivity index is 1.62. The summed E-state index contributed by atoms with van der Waals surface area (Å²) in [5, 5.41) is 2.12. The third-order valence-corrected chi connectivity index (χ3v) is 9.24. The number of anilines is 2. The van der Waals surface area contributed by atoms with Gasteiger partial charge in [-0.1, -0.05) is 0 Å². The van der Waals surface area contributed by atoms with Gasteiger partial charge in [0.25, 0.3) is 0 Å². The highest BCUT2D eigenvalue weighted by molar-refractivity contribution is 8.15. The van der Waals surface area contributed by atoms with Gasteiger partial charge in [-0.05, 0) is 31.5 Å². The van der Waals surface area contributed by atoms with Crippen molar-refractivity contribution in [3.05, 3.63) is 22.7 Å². The zero-order valence-corrected chi connectivity index (χ0v) is 23.5. The van der Waals surface area contributed by atoms with Gasteiger partial charge in [0.1, 0.15) is 11.5 Å². The zero-order chi connectivity index (χ0) is 25.9. The summed E-state index contributed by atoms with van der Waals surface area (Å²) in [6.07, 6.45) is 5.21. The predicted octanol–water partition coefficient (Wildman–Crippen LogP) is 4.12. The fourth-order valence-electron chi connectivity index (χ4n) is 4.64. The van der Waals surface area contributed by atoms with E-state index in [0.717, 1.165) is 65.8 Å². The van der Waals surface area contributed by atoms with Gasteiger partial charge in [0.15, 0.2) is 0 Å². The van der Waals surface area contributed by atoms with Gasteiger partial charge < -0.3 is 19.1 Å². The van der Waals surface area contributed by atoms with Crippen LogP contribution in [0.5, 0.6) is 5.88 Å². The van der Waals surface area contributed by atoms with E-state index in [-0.39, 0.29) is 10.7 Å². The number of morpholine rings is 1. The molecular weight excluding hydrogens is 508 g/mol. The fourth-order valence-corrected chi connectivity index (χ4v) is 6.37. The number of aromatic nitrogens is 3. The quantitative estimate of drug-likeness (QED) is 0.443. The lowest BCUT2D eigenvalue weighted by Crippen LogP contribution is -2.37. The van der Waals surface area contributed by atoms with Crippen molar-refractivity contribution in [3.63, 3.8) is 0 Å². The maximum absolute atomic E-state index is 11.8. The molecule has 11 heteroatoms. The molecule has 1 unspecified atom stereocenters. The second-order valence-corrected chi connectivity index (χ2v) is 12.3. The number of ether oxygens (including phenoxy) is 2. The van der Waals surface area contributed by atoms with Gasteiger partial charge in [-0.3, -0.25) is 9.69 Å². The van der Waals surface area contributed by atoms with E-state index >= 15 is 0 Å². The van der Waals surface area contributed by atoms with E-state index in [1.165, 1.54) is 10.4 Å². The van der Waals surface area contributed by atoms with Gasteiger partial charge in [-0.25, -0.2) is 15.0 Å². The Hall–Kier alpha value is -2.60. The number of nitrogens with zero attached hydrogens (tertiary/aromatic N) is 5. The summed E-state index contributed by atoms with van der Waals surface area (Å²) in [4.78, 5) is 32.4. The summed E-state index contributed by atoms with van der Waals surface area (Å²) in [5.41, 5.74) is 4.87. The molecule has 2 aliphatic heterocycles. The first-order valence-corrected chi connectivity index (χ1v) is 15.1. The summed E-state index contributed by atoms with van der Waals surface area (Å²) in [6, 6.07) is 2.08. The molecule has 5 heterocycles. The van der Waals surface area contributed by atoms with E-state index in [1.54, 1.807) is 18.4 Å². The Morgan fingerprint density at radius 1 is 1.22 bits per heavy atom. The number of fused-ring (bicyclic) bond motifs is 1. The summed E-state index contributed by atoms with van der Waals surface area (Å²) >= 11 is 1.73. The number of thiophene rings is 1. The molecule has 2 fully saturated rings. The van der Waals surface area contributed by atoms with Gasteiger partial charge in [-0.2, -0.15) is 0 Å². The normalized spacial score (nSPS) is 17.9. The van der Waals surface area contributed by atoms with Crippen LogP contribution in [0.2, 0.25) is 0 Å². The zero-order valence-electron chi connectivity index (χ0n) is 21.9. The highest BCUT2D eigenvalue weighted by atomic mass is 32.2. The number of rotatable bonds is 7. The van der Waals surface area contributed by atoms with Crippen LogP contribution in [0.4, 0.5) is 11.6 Å². The number of aryl methyl sites for hydroxylation is 1. The average molecular weight is 543 g/mol. The number of pyridine rings is 1. The van der Waals surface area contributed by atoms with Crippen LogP contribution in [0.15, 0.2) is 12.3 Å². The van der Waals surface area contributed by atoms with E-state index < -0.39 is 0 Å². The lowest BCUT2D eigenvalue weighted by Gasteiger charge is -2.28. The lowest BCUT2D eigenvalue weighted by atomic mass is 10.1. The Morgan fingerprint density at radius 3 is 2.68 bits per heavy atom. The first kappa shape index (κ1) is 26.0. The summed E-state index contributed by atoms with van der Waals surface area (Å²) in [5.74, 6) is 1.64. The second-order valence-electron chi connectivity index (χ2n) is 9.28. The number of likely N-dealkylation sites (tertiary alicyclic amines) is 1. The van der Waals surface area contributed by atoms with Gasteiger partial charge in [0.05, 0.1) is 36.2 Å². The van der Waals surface area contributed by atoms with E-state index in [4.69, 9.17) is 19.4 Å². The fraction of sp³-hybridized carbons (Fsp3) is 0.500. The maximum atomic E-state index is 11.8. The molecule has 9 nitrogen and oxygen atoms in total. The SMILES string of the molecule is C/C=S(/C)Nc1cc(-c2nc(N3CCOCC3)nc3c(CN4CCC(=O)CC4)c(C)sc23)cnc1OC. The number of hydrogen-bond acceptors (Lipinski definition) is 10. The largest absolute Gasteiger partial charge is 0.480 e. The maximum Gasteiger partial charge on any atom is 0.237 e. The number of ketones is 1. The van der Waals surface area contributed by atoms with Gasteiger partial charge in [-0.15, -0.1) is 22.0 Å². The predicted molar refractivity (Wildman–Crippen MR) is 153 cm³/mol. The first-order valence-electron chi connectivity index (χ1n) is 12.6. The van der Waals surface area contributed by atoms with Crippen LogP contribution in [0.25, 0.3) is 21.5 Å². The van der Waals surface area contributed by atoms with Crippen molar-refractivity contribution in [2.75, 3.05) is 62.4 Å². The first-order chi connectivity index (χ1) is 18.0. The number of methoxy groups -OCH3 is 1. The molecule has 1 atom stereocenters. The molecule has 0 amide bonds. The number of hydrogen-bond donors (Lipinski definition) is 1. The topological polar surface area (TPSA) is 92.7 Å².